The summed E-state index contributed by atoms with van der Waals surface area (Å²) in [6, 6.07) is 1.96. The maximum absolute atomic E-state index is 11.1. The Bertz CT molecular complexity index is 1010. The van der Waals surface area contributed by atoms with Gasteiger partial charge >= 0.3 is 0 Å². The standard InChI is InChI=1S/C17H15Cl2N5O/c18-12-7-21-16-11(12)5-10(6-20-16)14-13(19)15-17(2-4-24(15)22-14)1-3-23(8-17)9-25/h5-7,9H,1-4,8H2,(H,20,21). The number of nitrogens with zero attached hydrogens (tertiary/aromatic N) is 4. The SMILES string of the molecule is O=CN1CCC2(CCn3nc(-c4cnc5[nH]cc(Cl)c5c4)c(Cl)c32)C1. The smallest absolute Gasteiger partial charge is 0.209 e. The Morgan fingerprint density at radius 2 is 2.12 bits per heavy atom. The molecular weight excluding hydrogens is 361 g/mol. The minimum absolute atomic E-state index is 0.0769. The Kier molecular flexibility index (Phi) is 3.18. The van der Waals surface area contributed by atoms with Crippen LogP contribution in [0.3, 0.4) is 0 Å². The number of nitrogens with one attached hydrogen (secondary N) is 1. The summed E-state index contributed by atoms with van der Waals surface area (Å²) in [5, 5.41) is 6.88. The second-order valence-electron chi connectivity index (χ2n) is 6.85. The van der Waals surface area contributed by atoms with Crippen molar-refractivity contribution in [3.05, 3.63) is 34.2 Å². The molecule has 1 fully saturated rings. The van der Waals surface area contributed by atoms with Crippen LogP contribution in [-0.4, -0.2) is 44.1 Å². The molecule has 1 N–H and O–H groups in total. The van der Waals surface area contributed by atoms with E-state index < -0.39 is 0 Å². The molecule has 1 saturated heterocycles. The van der Waals surface area contributed by atoms with Gasteiger partial charge in [-0.15, -0.1) is 0 Å². The average Bonchev–Trinajstić information content (AvgIpc) is 3.36. The monoisotopic (exact) mass is 375 g/mol. The van der Waals surface area contributed by atoms with E-state index in [0.29, 0.717) is 16.6 Å². The number of amides is 1. The number of aryl methyl sites for hydroxylation is 1. The third-order valence-electron chi connectivity index (χ3n) is 5.49. The quantitative estimate of drug-likeness (QED) is 0.699. The number of H-pyrrole nitrogens is 1. The maximum atomic E-state index is 11.1. The highest BCUT2D eigenvalue weighted by Gasteiger charge is 2.47. The molecule has 5 heterocycles. The van der Waals surface area contributed by atoms with Crippen LogP contribution in [0.5, 0.6) is 0 Å². The van der Waals surface area contributed by atoms with E-state index in [1.54, 1.807) is 12.4 Å². The van der Waals surface area contributed by atoms with Crippen molar-refractivity contribution in [3.8, 4) is 11.3 Å². The molecule has 6 nitrogen and oxygen atoms in total. The fourth-order valence-electron chi connectivity index (χ4n) is 4.22. The van der Waals surface area contributed by atoms with Gasteiger partial charge in [0.1, 0.15) is 11.3 Å². The Labute approximate surface area is 153 Å². The summed E-state index contributed by atoms with van der Waals surface area (Å²) in [6.45, 7) is 2.30. The van der Waals surface area contributed by atoms with Crippen molar-refractivity contribution in [1.29, 1.82) is 0 Å². The van der Waals surface area contributed by atoms with Crippen LogP contribution in [0.25, 0.3) is 22.3 Å². The lowest BCUT2D eigenvalue weighted by molar-refractivity contribution is -0.117. The molecule has 25 heavy (non-hydrogen) atoms. The Hall–Kier alpha value is -2.05. The van der Waals surface area contributed by atoms with E-state index >= 15 is 0 Å². The number of fused-ring (bicyclic) bond motifs is 3. The van der Waals surface area contributed by atoms with Gasteiger partial charge in [0, 0.05) is 48.4 Å². The van der Waals surface area contributed by atoms with Gasteiger partial charge in [0.25, 0.3) is 0 Å². The Balaban J connectivity index is 1.63. The zero-order valence-corrected chi connectivity index (χ0v) is 14.8. The number of rotatable bonds is 2. The lowest BCUT2D eigenvalue weighted by Gasteiger charge is -2.22. The number of aromatic amines is 1. The van der Waals surface area contributed by atoms with Crippen molar-refractivity contribution in [3.63, 3.8) is 0 Å². The van der Waals surface area contributed by atoms with Crippen LogP contribution in [0.1, 0.15) is 18.5 Å². The van der Waals surface area contributed by atoms with Gasteiger partial charge in [0.05, 0.1) is 15.7 Å². The fourth-order valence-corrected chi connectivity index (χ4v) is 4.87. The molecule has 0 aromatic carbocycles. The van der Waals surface area contributed by atoms with Crippen LogP contribution in [-0.2, 0) is 16.8 Å². The summed E-state index contributed by atoms with van der Waals surface area (Å²) < 4.78 is 1.99. The molecule has 5 rings (SSSR count). The topological polar surface area (TPSA) is 66.8 Å². The normalized spacial score (nSPS) is 22.2. The van der Waals surface area contributed by atoms with Gasteiger partial charge < -0.3 is 9.88 Å². The van der Waals surface area contributed by atoms with Crippen LogP contribution in [0, 0.1) is 0 Å². The molecule has 0 bridgehead atoms. The molecule has 128 valence electrons. The third kappa shape index (κ3) is 2.07. The first kappa shape index (κ1) is 15.2. The number of likely N-dealkylation sites (tertiary alicyclic amines) is 1. The Morgan fingerprint density at radius 3 is 2.92 bits per heavy atom. The van der Waals surface area contributed by atoms with E-state index in [4.69, 9.17) is 28.3 Å². The number of halogens is 2. The molecule has 1 spiro atoms. The van der Waals surface area contributed by atoms with E-state index in [1.165, 1.54) is 0 Å². The van der Waals surface area contributed by atoms with Gasteiger partial charge in [-0.25, -0.2) is 4.98 Å². The summed E-state index contributed by atoms with van der Waals surface area (Å²) in [7, 11) is 0. The second-order valence-corrected chi connectivity index (χ2v) is 7.63. The average molecular weight is 376 g/mol. The number of carbonyl (C=O) groups is 1. The highest BCUT2D eigenvalue weighted by molar-refractivity contribution is 6.36. The molecule has 0 saturated carbocycles. The first-order valence-electron chi connectivity index (χ1n) is 8.20. The van der Waals surface area contributed by atoms with Crippen molar-refractivity contribution >= 4 is 40.6 Å². The van der Waals surface area contributed by atoms with Crippen molar-refractivity contribution in [1.82, 2.24) is 24.6 Å². The Morgan fingerprint density at radius 1 is 1.28 bits per heavy atom. The summed E-state index contributed by atoms with van der Waals surface area (Å²) >= 11 is 13.0. The van der Waals surface area contributed by atoms with E-state index in [0.717, 1.165) is 60.3 Å². The summed E-state index contributed by atoms with van der Waals surface area (Å²) in [6.07, 6.45) is 6.31. The van der Waals surface area contributed by atoms with E-state index in [2.05, 4.69) is 9.97 Å². The molecule has 1 amide bonds. The first-order chi connectivity index (χ1) is 12.1. The number of hydrogen-bond acceptors (Lipinski definition) is 3. The molecule has 2 aliphatic heterocycles. The van der Waals surface area contributed by atoms with Gasteiger partial charge in [0.15, 0.2) is 0 Å². The van der Waals surface area contributed by atoms with Crippen molar-refractivity contribution in [2.75, 3.05) is 13.1 Å². The van der Waals surface area contributed by atoms with Crippen LogP contribution in [0.4, 0.5) is 0 Å². The van der Waals surface area contributed by atoms with Gasteiger partial charge in [-0.3, -0.25) is 9.48 Å². The third-order valence-corrected chi connectivity index (χ3v) is 6.16. The van der Waals surface area contributed by atoms with E-state index in [-0.39, 0.29) is 5.41 Å². The highest BCUT2D eigenvalue weighted by atomic mass is 35.5. The first-order valence-corrected chi connectivity index (χ1v) is 8.96. The molecular formula is C17H15Cl2N5O. The molecule has 3 aromatic rings. The molecule has 2 aliphatic rings. The number of aromatic nitrogens is 4. The molecule has 1 atom stereocenters. The summed E-state index contributed by atoms with van der Waals surface area (Å²) in [5.74, 6) is 0. The predicted molar refractivity (Wildman–Crippen MR) is 95.9 cm³/mol. The second kappa shape index (κ2) is 5.22. The fraction of sp³-hybridized carbons (Fsp3) is 0.353. The van der Waals surface area contributed by atoms with Gasteiger partial charge in [-0.2, -0.15) is 5.10 Å². The minimum Gasteiger partial charge on any atom is -0.345 e. The summed E-state index contributed by atoms with van der Waals surface area (Å²) in [5.41, 5.74) is 3.29. The van der Waals surface area contributed by atoms with Gasteiger partial charge in [0.2, 0.25) is 6.41 Å². The molecule has 0 aliphatic carbocycles. The maximum Gasteiger partial charge on any atom is 0.209 e. The molecule has 1 unspecified atom stereocenters. The zero-order chi connectivity index (χ0) is 17.2. The zero-order valence-electron chi connectivity index (χ0n) is 13.3. The predicted octanol–water partition coefficient (Wildman–Crippen LogP) is 3.24. The van der Waals surface area contributed by atoms with E-state index in [9.17, 15) is 4.79 Å². The van der Waals surface area contributed by atoms with Gasteiger partial charge in [-0.05, 0) is 18.9 Å². The number of hydrogen-bond donors (Lipinski definition) is 1. The van der Waals surface area contributed by atoms with E-state index in [1.807, 2.05) is 15.6 Å². The molecule has 3 aromatic heterocycles. The lowest BCUT2D eigenvalue weighted by Crippen LogP contribution is -2.28. The van der Waals surface area contributed by atoms with Crippen molar-refractivity contribution in [2.24, 2.45) is 0 Å². The summed E-state index contributed by atoms with van der Waals surface area (Å²) in [4.78, 5) is 20.4. The molecule has 8 heteroatoms. The van der Waals surface area contributed by atoms with Crippen LogP contribution in [0.2, 0.25) is 10.0 Å². The lowest BCUT2D eigenvalue weighted by atomic mass is 9.82. The van der Waals surface area contributed by atoms with Crippen LogP contribution >= 0.6 is 23.2 Å². The van der Waals surface area contributed by atoms with Crippen LogP contribution < -0.4 is 0 Å². The largest absolute Gasteiger partial charge is 0.345 e. The van der Waals surface area contributed by atoms with Crippen molar-refractivity contribution in [2.45, 2.75) is 24.8 Å². The van der Waals surface area contributed by atoms with Crippen molar-refractivity contribution < 1.29 is 4.79 Å². The van der Waals surface area contributed by atoms with Crippen LogP contribution in [0.15, 0.2) is 18.5 Å². The minimum atomic E-state index is -0.0769. The van der Waals surface area contributed by atoms with Gasteiger partial charge in [-0.1, -0.05) is 23.2 Å². The molecule has 0 radical (unpaired) electrons. The number of pyridine rings is 1. The highest BCUT2D eigenvalue weighted by Crippen LogP contribution is 2.48. The number of carbonyl (C=O) groups excluding carboxylic acids is 1.